The van der Waals surface area contributed by atoms with Gasteiger partial charge in [-0.15, -0.1) is 12.4 Å². The van der Waals surface area contributed by atoms with Gasteiger partial charge in [-0.2, -0.15) is 0 Å². The molecule has 0 aliphatic carbocycles. The molecule has 0 saturated carbocycles. The van der Waals surface area contributed by atoms with Crippen LogP contribution in [0.5, 0.6) is 17.2 Å². The number of carbonyl (C=O) groups excluding carboxylic acids is 1. The first kappa shape index (κ1) is 27.3. The molecule has 3 aromatic rings. The molecule has 0 aromatic heterocycles. The number of benzene rings is 3. The number of nitrogens with one attached hydrogen (secondary N) is 2. The van der Waals surface area contributed by atoms with E-state index in [9.17, 15) is 4.79 Å². The lowest BCUT2D eigenvalue weighted by molar-refractivity contribution is -0.124. The number of carbonyl (C=O) groups is 1. The van der Waals surface area contributed by atoms with Crippen LogP contribution in [0.2, 0.25) is 0 Å². The maximum atomic E-state index is 12.3. The Kier molecular flexibility index (Phi) is 10.0. The summed E-state index contributed by atoms with van der Waals surface area (Å²) in [6, 6.07) is 18.1. The Morgan fingerprint density at radius 1 is 0.912 bits per heavy atom. The zero-order valence-electron chi connectivity index (χ0n) is 20.6. The summed E-state index contributed by atoms with van der Waals surface area (Å²) in [5, 5.41) is 8.71. The van der Waals surface area contributed by atoms with Crippen molar-refractivity contribution in [3.63, 3.8) is 0 Å². The Labute approximate surface area is 208 Å². The topological polar surface area (TPSA) is 68.8 Å². The normalized spacial score (nSPS) is 11.0. The van der Waals surface area contributed by atoms with E-state index in [-0.39, 0.29) is 30.5 Å². The molecule has 0 unspecified atom stereocenters. The van der Waals surface area contributed by atoms with E-state index in [4.69, 9.17) is 14.2 Å². The number of methoxy groups -OCH3 is 2. The molecule has 0 atom stereocenters. The molecule has 0 radical (unpaired) electrons. The number of hydrogen-bond acceptors (Lipinski definition) is 5. The molecule has 1 amide bonds. The number of halogens is 1. The number of fused-ring (bicyclic) bond motifs is 1. The monoisotopic (exact) mass is 486 g/mol. The van der Waals surface area contributed by atoms with Crippen LogP contribution < -0.4 is 24.8 Å². The van der Waals surface area contributed by atoms with Crippen molar-refractivity contribution in [1.82, 2.24) is 10.6 Å². The molecular weight excluding hydrogens is 452 g/mol. The Morgan fingerprint density at radius 3 is 2.32 bits per heavy atom. The van der Waals surface area contributed by atoms with E-state index in [1.54, 1.807) is 14.2 Å². The number of ether oxygens (including phenoxy) is 3. The van der Waals surface area contributed by atoms with Crippen LogP contribution in [0.4, 0.5) is 0 Å². The molecule has 0 bridgehead atoms. The third kappa shape index (κ3) is 7.54. The molecule has 3 aromatic carbocycles. The summed E-state index contributed by atoms with van der Waals surface area (Å²) in [4.78, 5) is 12.3. The molecule has 0 aliphatic rings. The van der Waals surface area contributed by atoms with Gasteiger partial charge in [-0.1, -0.05) is 36.4 Å². The van der Waals surface area contributed by atoms with Gasteiger partial charge in [-0.05, 0) is 68.3 Å². The predicted molar refractivity (Wildman–Crippen MR) is 140 cm³/mol. The van der Waals surface area contributed by atoms with E-state index < -0.39 is 0 Å². The Balaban J connectivity index is 0.00000408. The number of rotatable bonds is 10. The fourth-order valence-corrected chi connectivity index (χ4v) is 3.71. The molecule has 0 spiro atoms. The molecule has 0 aliphatic heterocycles. The summed E-state index contributed by atoms with van der Waals surface area (Å²) in [5.74, 6) is 2.04. The maximum Gasteiger partial charge on any atom is 0.258 e. The summed E-state index contributed by atoms with van der Waals surface area (Å²) in [6.07, 6.45) is 0.843. The van der Waals surface area contributed by atoms with Gasteiger partial charge in [0.1, 0.15) is 5.75 Å². The van der Waals surface area contributed by atoms with Crippen molar-refractivity contribution in [2.45, 2.75) is 39.3 Å². The zero-order chi connectivity index (χ0) is 23.8. The fourth-order valence-electron chi connectivity index (χ4n) is 3.71. The van der Waals surface area contributed by atoms with Crippen LogP contribution in [0.25, 0.3) is 10.8 Å². The highest BCUT2D eigenvalue weighted by molar-refractivity contribution is 5.88. The summed E-state index contributed by atoms with van der Waals surface area (Å²) in [5.41, 5.74) is 1.91. The van der Waals surface area contributed by atoms with E-state index in [1.807, 2.05) is 63.2 Å². The smallest absolute Gasteiger partial charge is 0.258 e. The summed E-state index contributed by atoms with van der Waals surface area (Å²) in [6.45, 7) is 7.25. The van der Waals surface area contributed by atoms with E-state index in [0.29, 0.717) is 6.54 Å². The van der Waals surface area contributed by atoms with Gasteiger partial charge >= 0.3 is 0 Å². The Hall–Kier alpha value is -2.96. The van der Waals surface area contributed by atoms with E-state index in [0.717, 1.165) is 52.1 Å². The quantitative estimate of drug-likeness (QED) is 0.399. The van der Waals surface area contributed by atoms with Gasteiger partial charge in [0.05, 0.1) is 14.2 Å². The van der Waals surface area contributed by atoms with Crippen molar-refractivity contribution in [2.24, 2.45) is 0 Å². The highest BCUT2D eigenvalue weighted by Gasteiger charge is 2.15. The molecule has 184 valence electrons. The second kappa shape index (κ2) is 12.5. The zero-order valence-corrected chi connectivity index (χ0v) is 21.4. The Morgan fingerprint density at radius 2 is 1.62 bits per heavy atom. The molecule has 34 heavy (non-hydrogen) atoms. The largest absolute Gasteiger partial charge is 0.493 e. The molecule has 6 nitrogen and oxygen atoms in total. The average Bonchev–Trinajstić information content (AvgIpc) is 2.79. The summed E-state index contributed by atoms with van der Waals surface area (Å²) >= 11 is 0. The maximum absolute atomic E-state index is 12.3. The van der Waals surface area contributed by atoms with Crippen molar-refractivity contribution in [1.29, 1.82) is 0 Å². The van der Waals surface area contributed by atoms with Gasteiger partial charge in [0.15, 0.2) is 18.1 Å². The van der Waals surface area contributed by atoms with Gasteiger partial charge in [-0.3, -0.25) is 4.79 Å². The van der Waals surface area contributed by atoms with Crippen LogP contribution in [0, 0.1) is 0 Å². The van der Waals surface area contributed by atoms with Crippen molar-refractivity contribution < 1.29 is 19.0 Å². The average molecular weight is 487 g/mol. The second-order valence-corrected chi connectivity index (χ2v) is 8.97. The standard InChI is InChI=1S/C27H34N2O4.ClH/c1-27(2,3)29-26(30)18-33-23-13-11-20-8-6-7-9-21(20)22(23)17-28-15-14-19-10-12-24(31-4)25(16-19)32-5;/h6-13,16,28H,14-15,17-18H2,1-5H3,(H,29,30);1H. The van der Waals surface area contributed by atoms with Crippen molar-refractivity contribution >= 4 is 29.1 Å². The van der Waals surface area contributed by atoms with Gasteiger partial charge < -0.3 is 24.8 Å². The molecular formula is C27H35ClN2O4. The molecule has 2 N–H and O–H groups in total. The first-order chi connectivity index (χ1) is 15.8. The molecule has 0 heterocycles. The van der Waals surface area contributed by atoms with Crippen LogP contribution in [0.3, 0.4) is 0 Å². The first-order valence-corrected chi connectivity index (χ1v) is 11.2. The van der Waals surface area contributed by atoms with Crippen LogP contribution in [0.1, 0.15) is 31.9 Å². The van der Waals surface area contributed by atoms with E-state index >= 15 is 0 Å². The molecule has 7 heteroatoms. The van der Waals surface area contributed by atoms with Gasteiger partial charge in [0.25, 0.3) is 5.91 Å². The molecule has 3 rings (SSSR count). The minimum atomic E-state index is -0.293. The van der Waals surface area contributed by atoms with Crippen LogP contribution in [-0.4, -0.2) is 38.8 Å². The minimum Gasteiger partial charge on any atom is -0.493 e. The predicted octanol–water partition coefficient (Wildman–Crippen LogP) is 4.90. The van der Waals surface area contributed by atoms with Crippen molar-refractivity contribution in [2.75, 3.05) is 27.4 Å². The van der Waals surface area contributed by atoms with E-state index in [1.165, 1.54) is 0 Å². The van der Waals surface area contributed by atoms with Crippen LogP contribution >= 0.6 is 12.4 Å². The third-order valence-corrected chi connectivity index (χ3v) is 5.21. The van der Waals surface area contributed by atoms with Crippen molar-refractivity contribution in [3.8, 4) is 17.2 Å². The lowest BCUT2D eigenvalue weighted by Gasteiger charge is -2.21. The number of hydrogen-bond donors (Lipinski definition) is 2. The third-order valence-electron chi connectivity index (χ3n) is 5.21. The van der Waals surface area contributed by atoms with Gasteiger partial charge in [-0.25, -0.2) is 0 Å². The first-order valence-electron chi connectivity index (χ1n) is 11.2. The van der Waals surface area contributed by atoms with E-state index in [2.05, 4.69) is 22.8 Å². The summed E-state index contributed by atoms with van der Waals surface area (Å²) < 4.78 is 16.7. The minimum absolute atomic E-state index is 0. The fraction of sp³-hybridized carbons (Fsp3) is 0.370. The lowest BCUT2D eigenvalue weighted by Crippen LogP contribution is -2.43. The number of amides is 1. The Bertz CT molecular complexity index is 1100. The molecule has 0 saturated heterocycles. The highest BCUT2D eigenvalue weighted by Crippen LogP contribution is 2.29. The van der Waals surface area contributed by atoms with Gasteiger partial charge in [0, 0.05) is 17.6 Å². The SMILES string of the molecule is COc1ccc(CCNCc2c(OCC(=O)NC(C)(C)C)ccc3ccccc23)cc1OC.Cl. The lowest BCUT2D eigenvalue weighted by atomic mass is 10.0. The van der Waals surface area contributed by atoms with Crippen LogP contribution in [-0.2, 0) is 17.8 Å². The van der Waals surface area contributed by atoms with Crippen LogP contribution in [0.15, 0.2) is 54.6 Å². The highest BCUT2D eigenvalue weighted by atomic mass is 35.5. The second-order valence-electron chi connectivity index (χ2n) is 8.97. The van der Waals surface area contributed by atoms with Crippen molar-refractivity contribution in [3.05, 3.63) is 65.7 Å². The van der Waals surface area contributed by atoms with Gasteiger partial charge in [0.2, 0.25) is 0 Å². The molecule has 0 fully saturated rings. The summed E-state index contributed by atoms with van der Waals surface area (Å²) in [7, 11) is 3.28.